The second kappa shape index (κ2) is 10.7. The predicted molar refractivity (Wildman–Crippen MR) is 127 cm³/mol. The van der Waals surface area contributed by atoms with E-state index < -0.39 is 16.1 Å². The SMILES string of the molecule is Cc1ccc(N(C(C)C(=O)NCc2ccc(CN3CCOCC3)cc2)S(C)(=O)=O)cc1Cl. The number of carbonyl (C=O) groups excluding carboxylic acids is 1. The van der Waals surface area contributed by atoms with Gasteiger partial charge in [0.15, 0.2) is 0 Å². The second-order valence-corrected chi connectivity index (χ2v) is 10.4. The number of sulfonamides is 1. The third-order valence-electron chi connectivity index (χ3n) is 5.50. The Morgan fingerprint density at radius 2 is 1.78 bits per heavy atom. The van der Waals surface area contributed by atoms with E-state index in [1.807, 2.05) is 19.1 Å². The smallest absolute Gasteiger partial charge is 0.243 e. The molecule has 32 heavy (non-hydrogen) atoms. The number of ether oxygens (including phenoxy) is 1. The summed E-state index contributed by atoms with van der Waals surface area (Å²) in [6.45, 7) is 7.97. The summed E-state index contributed by atoms with van der Waals surface area (Å²) in [5.74, 6) is -0.385. The van der Waals surface area contributed by atoms with Gasteiger partial charge in [0.2, 0.25) is 15.9 Å². The van der Waals surface area contributed by atoms with Crippen LogP contribution in [-0.4, -0.2) is 57.8 Å². The van der Waals surface area contributed by atoms with Crippen LogP contribution in [-0.2, 0) is 32.6 Å². The van der Waals surface area contributed by atoms with Crippen molar-refractivity contribution in [2.24, 2.45) is 0 Å². The van der Waals surface area contributed by atoms with Crippen LogP contribution in [0.15, 0.2) is 42.5 Å². The number of anilines is 1. The number of rotatable bonds is 8. The summed E-state index contributed by atoms with van der Waals surface area (Å²) in [7, 11) is -3.69. The van der Waals surface area contributed by atoms with Gasteiger partial charge in [-0.3, -0.25) is 14.0 Å². The molecular weight excluding hydrogens is 450 g/mol. The molecule has 1 atom stereocenters. The number of nitrogens with zero attached hydrogens (tertiary/aromatic N) is 2. The molecular formula is C23H30ClN3O4S. The van der Waals surface area contributed by atoms with E-state index in [0.717, 1.165) is 54.5 Å². The van der Waals surface area contributed by atoms with Gasteiger partial charge in [-0.15, -0.1) is 0 Å². The van der Waals surface area contributed by atoms with Crippen molar-refractivity contribution in [1.82, 2.24) is 10.2 Å². The van der Waals surface area contributed by atoms with Crippen LogP contribution in [0.25, 0.3) is 0 Å². The fourth-order valence-electron chi connectivity index (χ4n) is 3.64. The molecule has 1 N–H and O–H groups in total. The number of nitrogens with one attached hydrogen (secondary N) is 1. The molecule has 9 heteroatoms. The van der Waals surface area contributed by atoms with E-state index in [1.165, 1.54) is 5.56 Å². The van der Waals surface area contributed by atoms with E-state index in [1.54, 1.807) is 25.1 Å². The Morgan fingerprint density at radius 1 is 1.16 bits per heavy atom. The lowest BCUT2D eigenvalue weighted by Gasteiger charge is -2.28. The normalized spacial score (nSPS) is 15.9. The van der Waals surface area contributed by atoms with Gasteiger partial charge in [-0.25, -0.2) is 8.42 Å². The highest BCUT2D eigenvalue weighted by Crippen LogP contribution is 2.26. The Morgan fingerprint density at radius 3 is 2.38 bits per heavy atom. The van der Waals surface area contributed by atoms with Crippen LogP contribution in [0.3, 0.4) is 0 Å². The summed E-state index contributed by atoms with van der Waals surface area (Å²) in [4.78, 5) is 15.1. The van der Waals surface area contributed by atoms with E-state index >= 15 is 0 Å². The van der Waals surface area contributed by atoms with Gasteiger partial charge in [0.25, 0.3) is 0 Å². The number of hydrogen-bond donors (Lipinski definition) is 1. The summed E-state index contributed by atoms with van der Waals surface area (Å²) in [5.41, 5.74) is 3.34. The molecule has 0 bridgehead atoms. The van der Waals surface area contributed by atoms with Gasteiger partial charge in [-0.1, -0.05) is 41.9 Å². The quantitative estimate of drug-likeness (QED) is 0.629. The van der Waals surface area contributed by atoms with E-state index in [4.69, 9.17) is 16.3 Å². The van der Waals surface area contributed by atoms with Crippen LogP contribution in [0.1, 0.15) is 23.6 Å². The third-order valence-corrected chi connectivity index (χ3v) is 7.15. The zero-order valence-corrected chi connectivity index (χ0v) is 20.2. The monoisotopic (exact) mass is 479 g/mol. The summed E-state index contributed by atoms with van der Waals surface area (Å²) < 4.78 is 31.4. The van der Waals surface area contributed by atoms with Crippen molar-refractivity contribution in [3.8, 4) is 0 Å². The maximum absolute atomic E-state index is 12.8. The Hall–Kier alpha value is -2.13. The minimum Gasteiger partial charge on any atom is -0.379 e. The maximum atomic E-state index is 12.8. The molecule has 0 saturated carbocycles. The zero-order valence-electron chi connectivity index (χ0n) is 18.7. The summed E-state index contributed by atoms with van der Waals surface area (Å²) in [6.07, 6.45) is 1.08. The fourth-order valence-corrected chi connectivity index (χ4v) is 4.99. The van der Waals surface area contributed by atoms with Gasteiger partial charge in [0.05, 0.1) is 25.2 Å². The zero-order chi connectivity index (χ0) is 23.3. The average molecular weight is 480 g/mol. The van der Waals surface area contributed by atoms with Crippen molar-refractivity contribution in [2.45, 2.75) is 33.0 Å². The fraction of sp³-hybridized carbons (Fsp3) is 0.435. The Labute approximate surface area is 195 Å². The van der Waals surface area contributed by atoms with Gasteiger partial charge in [-0.05, 0) is 42.7 Å². The molecule has 3 rings (SSSR count). The molecule has 1 fully saturated rings. The molecule has 0 spiro atoms. The summed E-state index contributed by atoms with van der Waals surface area (Å²) in [5, 5.41) is 3.29. The lowest BCUT2D eigenvalue weighted by Crippen LogP contribution is -2.47. The van der Waals surface area contributed by atoms with Crippen molar-refractivity contribution in [2.75, 3.05) is 36.9 Å². The van der Waals surface area contributed by atoms with Crippen molar-refractivity contribution in [1.29, 1.82) is 0 Å². The minimum atomic E-state index is -3.69. The number of hydrogen-bond acceptors (Lipinski definition) is 5. The van der Waals surface area contributed by atoms with E-state index in [2.05, 4.69) is 22.3 Å². The standard InChI is InChI=1S/C23H30ClN3O4S/c1-17-4-9-21(14-22(17)24)27(32(3,29)30)18(2)23(28)25-15-19-5-7-20(8-6-19)16-26-10-12-31-13-11-26/h4-9,14,18H,10-13,15-16H2,1-3H3,(H,25,28). The first kappa shape index (κ1) is 24.5. The highest BCUT2D eigenvalue weighted by Gasteiger charge is 2.29. The summed E-state index contributed by atoms with van der Waals surface area (Å²) >= 11 is 6.18. The van der Waals surface area contributed by atoms with Gasteiger partial charge in [-0.2, -0.15) is 0 Å². The first-order valence-electron chi connectivity index (χ1n) is 10.6. The number of morpholine rings is 1. The highest BCUT2D eigenvalue weighted by molar-refractivity contribution is 7.92. The summed E-state index contributed by atoms with van der Waals surface area (Å²) in [6, 6.07) is 12.1. The molecule has 0 aromatic heterocycles. The van der Waals surface area contributed by atoms with Crippen molar-refractivity contribution >= 4 is 33.2 Å². The third kappa shape index (κ3) is 6.45. The van der Waals surface area contributed by atoms with Crippen LogP contribution in [0.2, 0.25) is 5.02 Å². The van der Waals surface area contributed by atoms with Crippen molar-refractivity contribution < 1.29 is 17.9 Å². The highest BCUT2D eigenvalue weighted by atomic mass is 35.5. The van der Waals surface area contributed by atoms with E-state index in [0.29, 0.717) is 17.3 Å². The van der Waals surface area contributed by atoms with Gasteiger partial charge < -0.3 is 10.1 Å². The van der Waals surface area contributed by atoms with Gasteiger partial charge >= 0.3 is 0 Å². The number of halogens is 1. The molecule has 1 heterocycles. The van der Waals surface area contributed by atoms with Crippen LogP contribution in [0.5, 0.6) is 0 Å². The van der Waals surface area contributed by atoms with Crippen LogP contribution >= 0.6 is 11.6 Å². The van der Waals surface area contributed by atoms with Crippen LogP contribution < -0.4 is 9.62 Å². The molecule has 2 aromatic rings. The molecule has 0 radical (unpaired) electrons. The van der Waals surface area contributed by atoms with Crippen molar-refractivity contribution in [3.63, 3.8) is 0 Å². The molecule has 7 nitrogen and oxygen atoms in total. The molecule has 1 aliphatic rings. The number of carbonyl (C=O) groups is 1. The lowest BCUT2D eigenvalue weighted by atomic mass is 10.1. The second-order valence-electron chi connectivity index (χ2n) is 8.09. The molecule has 174 valence electrons. The molecule has 1 saturated heterocycles. The molecule has 1 aliphatic heterocycles. The largest absolute Gasteiger partial charge is 0.379 e. The minimum absolute atomic E-state index is 0.313. The van der Waals surface area contributed by atoms with E-state index in [-0.39, 0.29) is 5.91 Å². The number of aryl methyl sites for hydroxylation is 1. The predicted octanol–water partition coefficient (Wildman–Crippen LogP) is 2.95. The number of benzene rings is 2. The Bertz CT molecular complexity index is 1040. The van der Waals surface area contributed by atoms with Crippen LogP contribution in [0.4, 0.5) is 5.69 Å². The Kier molecular flexibility index (Phi) is 8.16. The van der Waals surface area contributed by atoms with E-state index in [9.17, 15) is 13.2 Å². The molecule has 1 amide bonds. The lowest BCUT2D eigenvalue weighted by molar-refractivity contribution is -0.122. The van der Waals surface area contributed by atoms with Crippen molar-refractivity contribution in [3.05, 3.63) is 64.2 Å². The number of amides is 1. The molecule has 0 aliphatic carbocycles. The first-order chi connectivity index (χ1) is 15.1. The average Bonchev–Trinajstić information content (AvgIpc) is 2.75. The van der Waals surface area contributed by atoms with Gasteiger partial charge in [0, 0.05) is 31.2 Å². The molecule has 2 aromatic carbocycles. The van der Waals surface area contributed by atoms with Crippen LogP contribution in [0, 0.1) is 6.92 Å². The van der Waals surface area contributed by atoms with Gasteiger partial charge in [0.1, 0.15) is 6.04 Å². The maximum Gasteiger partial charge on any atom is 0.243 e. The topological polar surface area (TPSA) is 79.0 Å². The molecule has 1 unspecified atom stereocenters. The first-order valence-corrected chi connectivity index (χ1v) is 12.8. The Balaban J connectivity index is 1.62.